The number of aliphatic hydroxyl groups excluding tert-OH is 2. The van der Waals surface area contributed by atoms with Crippen LogP contribution in [0.25, 0.3) is 0 Å². The Morgan fingerprint density at radius 2 is 1.90 bits per heavy atom. The second-order valence-corrected chi connectivity index (χ2v) is 7.02. The molecule has 0 saturated heterocycles. The van der Waals surface area contributed by atoms with Crippen LogP contribution >= 0.6 is 0 Å². The predicted octanol–water partition coefficient (Wildman–Crippen LogP) is 0.328. The number of aliphatic hydroxyl groups is 2. The maximum atomic E-state index is 12.8. The number of nitrogens with zero attached hydrogens (tertiary/aromatic N) is 1. The Kier molecular flexibility index (Phi) is 5.21. The van der Waals surface area contributed by atoms with E-state index in [-0.39, 0.29) is 31.2 Å². The number of fused-ring (bicyclic) bond motifs is 1. The fourth-order valence-electron chi connectivity index (χ4n) is 2.67. The zero-order chi connectivity index (χ0) is 15.5. The molecule has 0 unspecified atom stereocenters. The van der Waals surface area contributed by atoms with E-state index in [1.165, 1.54) is 0 Å². The molecular formula is C14H22N2O4S. The average molecular weight is 314 g/mol. The Balaban J connectivity index is 2.49. The minimum absolute atomic E-state index is 0.0149. The molecule has 2 rings (SSSR count). The Bertz CT molecular complexity index is 595. The molecule has 0 radical (unpaired) electrons. The highest BCUT2D eigenvalue weighted by Crippen LogP contribution is 2.32. The molecule has 118 valence electrons. The fraction of sp³-hybridized carbons (Fsp3) is 0.571. The van der Waals surface area contributed by atoms with Gasteiger partial charge in [-0.2, -0.15) is 4.31 Å². The number of aryl methyl sites for hydroxylation is 1. The van der Waals surface area contributed by atoms with Crippen LogP contribution in [-0.2, 0) is 16.4 Å². The van der Waals surface area contributed by atoms with Crippen LogP contribution in [0.15, 0.2) is 17.0 Å². The van der Waals surface area contributed by atoms with Gasteiger partial charge >= 0.3 is 0 Å². The van der Waals surface area contributed by atoms with Crippen molar-refractivity contribution in [3.8, 4) is 0 Å². The minimum atomic E-state index is -3.71. The lowest BCUT2D eigenvalue weighted by Gasteiger charge is -2.26. The van der Waals surface area contributed by atoms with E-state index < -0.39 is 10.0 Å². The lowest BCUT2D eigenvalue weighted by Crippen LogP contribution is -2.36. The van der Waals surface area contributed by atoms with E-state index in [1.807, 2.05) is 6.92 Å². The van der Waals surface area contributed by atoms with Gasteiger partial charge in [0.05, 0.1) is 18.1 Å². The molecule has 1 aromatic rings. The number of sulfonamides is 1. The van der Waals surface area contributed by atoms with Gasteiger partial charge in [0.1, 0.15) is 0 Å². The predicted molar refractivity (Wildman–Crippen MR) is 80.9 cm³/mol. The van der Waals surface area contributed by atoms with Crippen LogP contribution in [0.3, 0.4) is 0 Å². The molecular weight excluding hydrogens is 292 g/mol. The summed E-state index contributed by atoms with van der Waals surface area (Å²) in [6, 6.07) is 3.42. The van der Waals surface area contributed by atoms with Crippen molar-refractivity contribution in [1.82, 2.24) is 4.31 Å². The van der Waals surface area contributed by atoms with Crippen molar-refractivity contribution in [3.05, 3.63) is 23.3 Å². The third-order valence-corrected chi connectivity index (χ3v) is 5.68. The standard InChI is InChI=1S/C14H22N2O4S/c1-11-4-5-13(12-3-2-6-15-14(11)12)21(19,20)16(7-9-17)8-10-18/h4-5,15,17-18H,2-3,6-10H2,1H3. The molecule has 0 amide bonds. The number of benzene rings is 1. The molecule has 0 bridgehead atoms. The zero-order valence-electron chi connectivity index (χ0n) is 12.2. The number of rotatable bonds is 6. The van der Waals surface area contributed by atoms with Gasteiger partial charge in [0.2, 0.25) is 10.0 Å². The van der Waals surface area contributed by atoms with Gasteiger partial charge in [0.15, 0.2) is 0 Å². The van der Waals surface area contributed by atoms with Gasteiger partial charge in [-0.25, -0.2) is 8.42 Å². The van der Waals surface area contributed by atoms with Crippen molar-refractivity contribution in [2.45, 2.75) is 24.7 Å². The molecule has 0 atom stereocenters. The highest BCUT2D eigenvalue weighted by molar-refractivity contribution is 7.89. The summed E-state index contributed by atoms with van der Waals surface area (Å²) in [6.07, 6.45) is 1.60. The molecule has 0 saturated carbocycles. The first-order chi connectivity index (χ1) is 10.0. The van der Waals surface area contributed by atoms with E-state index in [2.05, 4.69) is 5.32 Å². The van der Waals surface area contributed by atoms with Gasteiger partial charge < -0.3 is 15.5 Å². The molecule has 0 aromatic heterocycles. The summed E-state index contributed by atoms with van der Waals surface area (Å²) < 4.78 is 26.7. The van der Waals surface area contributed by atoms with Gasteiger partial charge in [-0.05, 0) is 37.0 Å². The lowest BCUT2D eigenvalue weighted by atomic mass is 10.00. The Hall–Kier alpha value is -1.15. The first-order valence-electron chi connectivity index (χ1n) is 7.10. The Labute approximate surface area is 125 Å². The monoisotopic (exact) mass is 314 g/mol. The maximum absolute atomic E-state index is 12.8. The van der Waals surface area contributed by atoms with E-state index in [0.717, 1.165) is 34.1 Å². The summed E-state index contributed by atoms with van der Waals surface area (Å²) in [4.78, 5) is 0.275. The molecule has 1 heterocycles. The maximum Gasteiger partial charge on any atom is 0.243 e. The van der Waals surface area contributed by atoms with Gasteiger partial charge in [0, 0.05) is 25.3 Å². The van der Waals surface area contributed by atoms with Crippen LogP contribution in [0.4, 0.5) is 5.69 Å². The molecule has 1 aliphatic heterocycles. The molecule has 0 fully saturated rings. The van der Waals surface area contributed by atoms with Crippen LogP contribution in [-0.4, -0.2) is 55.8 Å². The molecule has 0 spiro atoms. The SMILES string of the molecule is Cc1ccc(S(=O)(=O)N(CCO)CCO)c2c1NCCC2. The van der Waals surface area contributed by atoms with E-state index in [9.17, 15) is 8.42 Å². The van der Waals surface area contributed by atoms with E-state index in [1.54, 1.807) is 12.1 Å². The minimum Gasteiger partial charge on any atom is -0.395 e. The number of hydrogen-bond donors (Lipinski definition) is 3. The van der Waals surface area contributed by atoms with Crippen LogP contribution in [0.2, 0.25) is 0 Å². The number of anilines is 1. The van der Waals surface area contributed by atoms with Gasteiger partial charge in [0.25, 0.3) is 0 Å². The summed E-state index contributed by atoms with van der Waals surface area (Å²) >= 11 is 0. The topological polar surface area (TPSA) is 89.9 Å². The normalized spacial score (nSPS) is 14.9. The van der Waals surface area contributed by atoms with Crippen molar-refractivity contribution in [1.29, 1.82) is 0 Å². The first-order valence-corrected chi connectivity index (χ1v) is 8.54. The average Bonchev–Trinajstić information content (AvgIpc) is 2.47. The molecule has 3 N–H and O–H groups in total. The van der Waals surface area contributed by atoms with Crippen molar-refractivity contribution in [3.63, 3.8) is 0 Å². The Morgan fingerprint density at radius 3 is 2.52 bits per heavy atom. The molecule has 1 aliphatic rings. The number of hydrogen-bond acceptors (Lipinski definition) is 5. The van der Waals surface area contributed by atoms with E-state index >= 15 is 0 Å². The van der Waals surface area contributed by atoms with Crippen LogP contribution < -0.4 is 5.32 Å². The largest absolute Gasteiger partial charge is 0.395 e. The highest BCUT2D eigenvalue weighted by atomic mass is 32.2. The van der Waals surface area contributed by atoms with Gasteiger partial charge in [-0.3, -0.25) is 0 Å². The van der Waals surface area contributed by atoms with E-state index in [4.69, 9.17) is 10.2 Å². The third kappa shape index (κ3) is 3.21. The van der Waals surface area contributed by atoms with E-state index in [0.29, 0.717) is 6.42 Å². The summed E-state index contributed by atoms with van der Waals surface area (Å²) in [5.41, 5.74) is 2.73. The molecule has 6 nitrogen and oxygen atoms in total. The van der Waals surface area contributed by atoms with Gasteiger partial charge in [-0.1, -0.05) is 6.07 Å². The van der Waals surface area contributed by atoms with Crippen LogP contribution in [0, 0.1) is 6.92 Å². The van der Waals surface area contributed by atoms with Crippen molar-refractivity contribution < 1.29 is 18.6 Å². The highest BCUT2D eigenvalue weighted by Gasteiger charge is 2.28. The van der Waals surface area contributed by atoms with Gasteiger partial charge in [-0.15, -0.1) is 0 Å². The first kappa shape index (κ1) is 16.2. The molecule has 7 heteroatoms. The van der Waals surface area contributed by atoms with Crippen molar-refractivity contribution in [2.24, 2.45) is 0 Å². The second kappa shape index (κ2) is 6.74. The summed E-state index contributed by atoms with van der Waals surface area (Å²) in [5, 5.41) is 21.4. The number of nitrogens with one attached hydrogen (secondary N) is 1. The fourth-order valence-corrected chi connectivity index (χ4v) is 4.35. The second-order valence-electron chi connectivity index (χ2n) is 5.12. The van der Waals surface area contributed by atoms with Crippen LogP contribution in [0.1, 0.15) is 17.5 Å². The molecule has 21 heavy (non-hydrogen) atoms. The lowest BCUT2D eigenvalue weighted by molar-refractivity contribution is 0.217. The zero-order valence-corrected chi connectivity index (χ0v) is 13.0. The van der Waals surface area contributed by atoms with Crippen molar-refractivity contribution in [2.75, 3.05) is 38.2 Å². The van der Waals surface area contributed by atoms with Crippen LogP contribution in [0.5, 0.6) is 0 Å². The quantitative estimate of drug-likeness (QED) is 0.704. The molecule has 0 aliphatic carbocycles. The summed E-state index contributed by atoms with van der Waals surface area (Å²) in [6.45, 7) is 2.22. The smallest absolute Gasteiger partial charge is 0.243 e. The van der Waals surface area contributed by atoms with Crippen molar-refractivity contribution >= 4 is 15.7 Å². The summed E-state index contributed by atoms with van der Waals surface area (Å²) in [7, 11) is -3.71. The molecule has 1 aromatic carbocycles. The third-order valence-electron chi connectivity index (χ3n) is 3.70. The Morgan fingerprint density at radius 1 is 1.24 bits per heavy atom. The summed E-state index contributed by atoms with van der Waals surface area (Å²) in [5.74, 6) is 0.